The summed E-state index contributed by atoms with van der Waals surface area (Å²) in [5, 5.41) is 0. The average molecular weight is 414 g/mol. The molecule has 2 aromatic carbocycles. The van der Waals surface area contributed by atoms with Gasteiger partial charge in [-0.3, -0.25) is 4.98 Å². The van der Waals surface area contributed by atoms with Gasteiger partial charge >= 0.3 is 0 Å². The van der Waals surface area contributed by atoms with Crippen molar-refractivity contribution in [1.29, 1.82) is 0 Å². The van der Waals surface area contributed by atoms with Crippen LogP contribution in [0.15, 0.2) is 84.0 Å². The molecule has 0 bridgehead atoms. The van der Waals surface area contributed by atoms with Crippen LogP contribution in [0.25, 0.3) is 11.3 Å². The monoisotopic (exact) mass is 413 g/mol. The van der Waals surface area contributed by atoms with E-state index in [1.165, 1.54) is 11.1 Å². The van der Waals surface area contributed by atoms with E-state index >= 15 is 0 Å². The number of hydrogen-bond donors (Lipinski definition) is 0. The Morgan fingerprint density at radius 2 is 1.48 bits per heavy atom. The summed E-state index contributed by atoms with van der Waals surface area (Å²) >= 11 is 0. The fourth-order valence-electron chi connectivity index (χ4n) is 3.96. The van der Waals surface area contributed by atoms with E-state index in [1.54, 1.807) is 14.2 Å². The molecule has 1 heterocycles. The van der Waals surface area contributed by atoms with E-state index in [9.17, 15) is 0 Å². The van der Waals surface area contributed by atoms with Gasteiger partial charge in [-0.2, -0.15) is 0 Å². The highest BCUT2D eigenvalue weighted by Crippen LogP contribution is 2.41. The van der Waals surface area contributed by atoms with Gasteiger partial charge in [0.1, 0.15) is 12.4 Å². The molecule has 1 aliphatic carbocycles. The summed E-state index contributed by atoms with van der Waals surface area (Å²) in [6.45, 7) is 4.75. The Morgan fingerprint density at radius 3 is 2.16 bits per heavy atom. The zero-order valence-electron chi connectivity index (χ0n) is 18.4. The minimum absolute atomic E-state index is 0.223. The van der Waals surface area contributed by atoms with Gasteiger partial charge in [0.25, 0.3) is 0 Å². The van der Waals surface area contributed by atoms with Crippen LogP contribution in [0.2, 0.25) is 0 Å². The summed E-state index contributed by atoms with van der Waals surface area (Å²) in [4.78, 5) is 4.98. The Hall–Kier alpha value is -3.53. The number of hydrogen-bond acceptors (Lipinski definition) is 4. The molecule has 1 aliphatic rings. The lowest BCUT2D eigenvalue weighted by molar-refractivity contribution is 0.282. The molecule has 158 valence electrons. The van der Waals surface area contributed by atoms with Crippen LogP contribution < -0.4 is 14.2 Å². The van der Waals surface area contributed by atoms with E-state index in [4.69, 9.17) is 19.2 Å². The topological polar surface area (TPSA) is 40.6 Å². The molecule has 0 fully saturated rings. The largest absolute Gasteiger partial charge is 0.496 e. The molecule has 4 heteroatoms. The number of ether oxygens (including phenoxy) is 3. The third kappa shape index (κ3) is 4.33. The van der Waals surface area contributed by atoms with Gasteiger partial charge in [-0.05, 0) is 37.6 Å². The minimum atomic E-state index is 0.223. The van der Waals surface area contributed by atoms with Crippen molar-refractivity contribution in [3.8, 4) is 28.5 Å². The van der Waals surface area contributed by atoms with Gasteiger partial charge < -0.3 is 14.2 Å². The molecule has 0 saturated carbocycles. The van der Waals surface area contributed by atoms with Crippen molar-refractivity contribution in [2.75, 3.05) is 14.2 Å². The quantitative estimate of drug-likeness (QED) is 0.453. The first-order valence-corrected chi connectivity index (χ1v) is 10.4. The number of pyridine rings is 1. The molecule has 0 saturated heterocycles. The van der Waals surface area contributed by atoms with Crippen molar-refractivity contribution < 1.29 is 14.2 Å². The molecule has 1 aromatic heterocycles. The van der Waals surface area contributed by atoms with Crippen LogP contribution in [0, 0.1) is 0 Å². The number of methoxy groups -OCH3 is 2. The SMILES string of the molecule is COc1cc(-c2cccc(C3C(C)=CC=C3C)n2)c(OC)cc1OCc1ccccc1. The number of rotatable bonds is 7. The first-order valence-electron chi connectivity index (χ1n) is 10.4. The molecule has 0 atom stereocenters. The third-order valence-corrected chi connectivity index (χ3v) is 5.59. The normalized spacial score (nSPS) is 13.5. The molecule has 0 N–H and O–H groups in total. The maximum Gasteiger partial charge on any atom is 0.165 e. The molecule has 0 amide bonds. The van der Waals surface area contributed by atoms with Crippen LogP contribution in [0.3, 0.4) is 0 Å². The Kier molecular flexibility index (Phi) is 6.08. The second-order valence-electron chi connectivity index (χ2n) is 7.68. The van der Waals surface area contributed by atoms with Crippen molar-refractivity contribution in [3.05, 3.63) is 95.2 Å². The first kappa shape index (κ1) is 20.7. The Bertz CT molecular complexity index is 1110. The van der Waals surface area contributed by atoms with Crippen LogP contribution >= 0.6 is 0 Å². The van der Waals surface area contributed by atoms with Gasteiger partial charge in [-0.15, -0.1) is 0 Å². The van der Waals surface area contributed by atoms with E-state index < -0.39 is 0 Å². The molecule has 3 aromatic rings. The highest BCUT2D eigenvalue weighted by molar-refractivity contribution is 5.72. The molecule has 0 radical (unpaired) electrons. The maximum atomic E-state index is 6.04. The Balaban J connectivity index is 1.68. The van der Waals surface area contributed by atoms with Crippen molar-refractivity contribution in [2.24, 2.45) is 0 Å². The summed E-state index contributed by atoms with van der Waals surface area (Å²) in [6, 6.07) is 20.0. The predicted molar refractivity (Wildman–Crippen MR) is 124 cm³/mol. The number of benzene rings is 2. The summed E-state index contributed by atoms with van der Waals surface area (Å²) in [5.41, 5.74) is 6.44. The van der Waals surface area contributed by atoms with E-state index in [0.29, 0.717) is 23.9 Å². The molecule has 4 nitrogen and oxygen atoms in total. The summed E-state index contributed by atoms with van der Waals surface area (Å²) < 4.78 is 17.4. The minimum Gasteiger partial charge on any atom is -0.496 e. The number of aromatic nitrogens is 1. The zero-order valence-corrected chi connectivity index (χ0v) is 18.4. The second-order valence-corrected chi connectivity index (χ2v) is 7.68. The molecule has 31 heavy (non-hydrogen) atoms. The van der Waals surface area contributed by atoms with Crippen LogP contribution in [0.4, 0.5) is 0 Å². The lowest BCUT2D eigenvalue weighted by Gasteiger charge is -2.18. The molecule has 0 spiro atoms. The molecular formula is C27H27NO3. The van der Waals surface area contributed by atoms with Crippen molar-refractivity contribution >= 4 is 0 Å². The standard InChI is InChI=1S/C27H27NO3/c1-18-13-14-19(2)27(18)23-12-8-11-22(28-23)21-15-25(30-4)26(16-24(21)29-3)31-17-20-9-6-5-7-10-20/h5-16,27H,17H2,1-4H3. The van der Waals surface area contributed by atoms with Gasteiger partial charge in [0.15, 0.2) is 11.5 Å². The third-order valence-electron chi connectivity index (χ3n) is 5.59. The van der Waals surface area contributed by atoms with E-state index in [0.717, 1.165) is 22.5 Å². The molecular weight excluding hydrogens is 386 g/mol. The van der Waals surface area contributed by atoms with E-state index in [1.807, 2.05) is 54.6 Å². The van der Waals surface area contributed by atoms with Gasteiger partial charge in [-0.25, -0.2) is 0 Å². The fourth-order valence-corrected chi connectivity index (χ4v) is 3.96. The average Bonchev–Trinajstić information content (AvgIpc) is 3.15. The van der Waals surface area contributed by atoms with Gasteiger partial charge in [0.05, 0.1) is 25.6 Å². The van der Waals surface area contributed by atoms with Gasteiger partial charge in [0.2, 0.25) is 0 Å². The highest BCUT2D eigenvalue weighted by Gasteiger charge is 2.22. The summed E-state index contributed by atoms with van der Waals surface area (Å²) in [5.74, 6) is 2.20. The lowest BCUT2D eigenvalue weighted by atomic mass is 9.93. The van der Waals surface area contributed by atoms with Crippen LogP contribution in [-0.4, -0.2) is 19.2 Å². The number of nitrogens with zero attached hydrogens (tertiary/aromatic N) is 1. The summed E-state index contributed by atoms with van der Waals surface area (Å²) in [6.07, 6.45) is 4.33. The van der Waals surface area contributed by atoms with E-state index in [-0.39, 0.29) is 5.92 Å². The van der Waals surface area contributed by atoms with Crippen molar-refractivity contribution in [3.63, 3.8) is 0 Å². The van der Waals surface area contributed by atoms with Crippen molar-refractivity contribution in [1.82, 2.24) is 4.98 Å². The zero-order chi connectivity index (χ0) is 21.8. The number of allylic oxidation sites excluding steroid dienone is 4. The predicted octanol–water partition coefficient (Wildman–Crippen LogP) is 6.33. The second kappa shape index (κ2) is 9.09. The van der Waals surface area contributed by atoms with Gasteiger partial charge in [-0.1, -0.05) is 59.7 Å². The van der Waals surface area contributed by atoms with Crippen molar-refractivity contribution in [2.45, 2.75) is 26.4 Å². The van der Waals surface area contributed by atoms with Crippen LogP contribution in [-0.2, 0) is 6.61 Å². The highest BCUT2D eigenvalue weighted by atomic mass is 16.5. The lowest BCUT2D eigenvalue weighted by Crippen LogP contribution is -2.03. The Labute approximate surface area is 183 Å². The van der Waals surface area contributed by atoms with E-state index in [2.05, 4.69) is 32.1 Å². The van der Waals surface area contributed by atoms with Crippen LogP contribution in [0.5, 0.6) is 17.2 Å². The Morgan fingerprint density at radius 1 is 0.774 bits per heavy atom. The molecule has 0 unspecified atom stereocenters. The first-order chi connectivity index (χ1) is 15.1. The molecule has 4 rings (SSSR count). The van der Waals surface area contributed by atoms with Crippen LogP contribution in [0.1, 0.15) is 31.0 Å². The fraction of sp³-hybridized carbons (Fsp3) is 0.222. The maximum absolute atomic E-state index is 6.04. The van der Waals surface area contributed by atoms with Gasteiger partial charge in [0, 0.05) is 17.5 Å². The molecule has 0 aliphatic heterocycles. The summed E-state index contributed by atoms with van der Waals surface area (Å²) in [7, 11) is 3.30. The smallest absolute Gasteiger partial charge is 0.165 e.